The van der Waals surface area contributed by atoms with Gasteiger partial charge in [0.05, 0.1) is 0 Å². The second kappa shape index (κ2) is 49.8. The molecule has 0 aromatic carbocycles. The van der Waals surface area contributed by atoms with E-state index in [1.165, 1.54) is 186 Å². The van der Waals surface area contributed by atoms with E-state index in [0.29, 0.717) is 19.3 Å². The van der Waals surface area contributed by atoms with Crippen molar-refractivity contribution in [2.24, 2.45) is 0 Å². The molecule has 0 spiro atoms. The molecule has 0 aliphatic rings. The summed E-state index contributed by atoms with van der Waals surface area (Å²) in [5, 5.41) is 0. The number of hydrogen-bond donors (Lipinski definition) is 0. The van der Waals surface area contributed by atoms with Gasteiger partial charge in [-0.3, -0.25) is 14.4 Å². The summed E-state index contributed by atoms with van der Waals surface area (Å²) in [5.41, 5.74) is 0. The Balaban J connectivity index is 4.21. The van der Waals surface area contributed by atoms with Crippen molar-refractivity contribution in [1.29, 1.82) is 0 Å². The van der Waals surface area contributed by atoms with Gasteiger partial charge >= 0.3 is 17.9 Å². The van der Waals surface area contributed by atoms with Crippen LogP contribution in [0.3, 0.4) is 0 Å². The van der Waals surface area contributed by atoms with Crippen LogP contribution in [0.2, 0.25) is 0 Å². The summed E-state index contributed by atoms with van der Waals surface area (Å²) in [6.45, 7) is 6.61. The Bertz CT molecular complexity index is 931. The number of hydrogen-bond acceptors (Lipinski definition) is 6. The summed E-state index contributed by atoms with van der Waals surface area (Å²) >= 11 is 0. The van der Waals surface area contributed by atoms with Crippen LogP contribution in [0.5, 0.6) is 0 Å². The van der Waals surface area contributed by atoms with Crippen molar-refractivity contribution >= 4 is 17.9 Å². The monoisotopic (exact) mass is 847 g/mol. The lowest BCUT2D eigenvalue weighted by Crippen LogP contribution is -2.30. The number of carbonyl (C=O) groups excluding carboxylic acids is 3. The van der Waals surface area contributed by atoms with Crippen molar-refractivity contribution in [2.45, 2.75) is 303 Å². The maximum atomic E-state index is 12.8. The van der Waals surface area contributed by atoms with Gasteiger partial charge in [0.1, 0.15) is 13.2 Å². The van der Waals surface area contributed by atoms with Crippen molar-refractivity contribution in [1.82, 2.24) is 0 Å². The van der Waals surface area contributed by atoms with E-state index in [1.54, 1.807) is 0 Å². The number of esters is 3. The van der Waals surface area contributed by atoms with Gasteiger partial charge in [0.15, 0.2) is 6.10 Å². The lowest BCUT2D eigenvalue weighted by atomic mass is 10.0. The Morgan fingerprint density at radius 2 is 0.583 bits per heavy atom. The molecular formula is C54H102O6. The van der Waals surface area contributed by atoms with Gasteiger partial charge in [-0.1, -0.05) is 251 Å². The number of rotatable bonds is 49. The van der Waals surface area contributed by atoms with Crippen molar-refractivity contribution in [2.75, 3.05) is 13.2 Å². The lowest BCUT2D eigenvalue weighted by molar-refractivity contribution is -0.167. The molecule has 0 N–H and O–H groups in total. The summed E-state index contributed by atoms with van der Waals surface area (Å²) in [7, 11) is 0. The lowest BCUT2D eigenvalue weighted by Gasteiger charge is -2.18. The molecule has 0 aromatic rings. The van der Waals surface area contributed by atoms with Crippen LogP contribution in [0.25, 0.3) is 0 Å². The third-order valence-electron chi connectivity index (χ3n) is 12.0. The molecule has 0 aliphatic carbocycles. The van der Waals surface area contributed by atoms with Gasteiger partial charge < -0.3 is 14.2 Å². The molecule has 0 fully saturated rings. The number of unbranched alkanes of at least 4 members (excludes halogenated alkanes) is 36. The Hall–Kier alpha value is -1.85. The molecule has 0 rings (SSSR count). The molecule has 0 saturated heterocycles. The maximum absolute atomic E-state index is 12.8. The minimum absolute atomic E-state index is 0.0673. The second-order valence-electron chi connectivity index (χ2n) is 18.2. The molecule has 1 unspecified atom stereocenters. The summed E-state index contributed by atoms with van der Waals surface area (Å²) in [4.78, 5) is 37.9. The Kier molecular flexibility index (Phi) is 48.3. The van der Waals surface area contributed by atoms with Crippen LogP contribution >= 0.6 is 0 Å². The van der Waals surface area contributed by atoms with Crippen LogP contribution in [-0.2, 0) is 28.6 Å². The number of carbonyl (C=O) groups is 3. The molecule has 1 atom stereocenters. The minimum Gasteiger partial charge on any atom is -0.462 e. The Morgan fingerprint density at radius 1 is 0.317 bits per heavy atom. The zero-order chi connectivity index (χ0) is 43.7. The fourth-order valence-electron chi connectivity index (χ4n) is 7.98. The molecule has 0 aromatic heterocycles. The van der Waals surface area contributed by atoms with Gasteiger partial charge in [0, 0.05) is 19.3 Å². The second-order valence-corrected chi connectivity index (χ2v) is 18.2. The number of allylic oxidation sites excluding steroid dienone is 2. The van der Waals surface area contributed by atoms with Crippen LogP contribution < -0.4 is 0 Å². The molecule has 354 valence electrons. The van der Waals surface area contributed by atoms with E-state index in [4.69, 9.17) is 14.2 Å². The highest BCUT2D eigenvalue weighted by Gasteiger charge is 2.19. The van der Waals surface area contributed by atoms with Crippen molar-refractivity contribution < 1.29 is 28.6 Å². The maximum Gasteiger partial charge on any atom is 0.306 e. The summed E-state index contributed by atoms with van der Waals surface area (Å²) < 4.78 is 16.8. The third-order valence-corrected chi connectivity index (χ3v) is 12.0. The third kappa shape index (κ3) is 47.2. The molecule has 0 radical (unpaired) electrons. The average Bonchev–Trinajstić information content (AvgIpc) is 3.24. The highest BCUT2D eigenvalue weighted by Crippen LogP contribution is 2.17. The Labute approximate surface area is 373 Å². The van der Waals surface area contributed by atoms with Gasteiger partial charge in [0.2, 0.25) is 0 Å². The summed E-state index contributed by atoms with van der Waals surface area (Å²) in [6, 6.07) is 0. The summed E-state index contributed by atoms with van der Waals surface area (Å²) in [5.74, 6) is -0.862. The molecule has 0 bridgehead atoms. The van der Waals surface area contributed by atoms with Crippen molar-refractivity contribution in [3.8, 4) is 0 Å². The van der Waals surface area contributed by atoms with E-state index in [1.807, 2.05) is 0 Å². The van der Waals surface area contributed by atoms with Crippen LogP contribution in [0.1, 0.15) is 297 Å². The fourth-order valence-corrected chi connectivity index (χ4v) is 7.98. The van der Waals surface area contributed by atoms with Gasteiger partial charge in [-0.25, -0.2) is 0 Å². The molecular weight excluding hydrogens is 745 g/mol. The van der Waals surface area contributed by atoms with Crippen LogP contribution in [0, 0.1) is 0 Å². The fraction of sp³-hybridized carbons (Fsp3) is 0.907. The average molecular weight is 847 g/mol. The Morgan fingerprint density at radius 3 is 0.900 bits per heavy atom. The number of ether oxygens (including phenoxy) is 3. The molecule has 6 heteroatoms. The first-order valence-corrected chi connectivity index (χ1v) is 26.7. The highest BCUT2D eigenvalue weighted by atomic mass is 16.6. The predicted octanol–water partition coefficient (Wildman–Crippen LogP) is 17.4. The van der Waals surface area contributed by atoms with Gasteiger partial charge in [-0.15, -0.1) is 0 Å². The predicted molar refractivity (Wildman–Crippen MR) is 256 cm³/mol. The molecule has 0 amide bonds. The first-order valence-electron chi connectivity index (χ1n) is 26.7. The van der Waals surface area contributed by atoms with Crippen molar-refractivity contribution in [3.63, 3.8) is 0 Å². The van der Waals surface area contributed by atoms with Gasteiger partial charge in [-0.05, 0) is 38.5 Å². The SMILES string of the molecule is CCC/C=C\CCCCCCCC(=O)OCC(COC(=O)CCCCCCCCCCCCCCCCCCCCCC)OC(=O)CCCCCCCCCCCCCC. The minimum atomic E-state index is -0.765. The quantitative estimate of drug-likeness (QED) is 0.0263. The van der Waals surface area contributed by atoms with Crippen LogP contribution in [0.15, 0.2) is 12.2 Å². The largest absolute Gasteiger partial charge is 0.462 e. The van der Waals surface area contributed by atoms with E-state index in [0.717, 1.165) is 70.6 Å². The molecule has 0 saturated carbocycles. The van der Waals surface area contributed by atoms with Crippen LogP contribution in [0.4, 0.5) is 0 Å². The van der Waals surface area contributed by atoms with Crippen LogP contribution in [-0.4, -0.2) is 37.2 Å². The first kappa shape index (κ1) is 58.1. The zero-order valence-corrected chi connectivity index (χ0v) is 40.5. The van der Waals surface area contributed by atoms with E-state index in [-0.39, 0.29) is 31.1 Å². The topological polar surface area (TPSA) is 78.9 Å². The van der Waals surface area contributed by atoms with E-state index in [2.05, 4.69) is 32.9 Å². The molecule has 0 aliphatic heterocycles. The smallest absolute Gasteiger partial charge is 0.306 e. The van der Waals surface area contributed by atoms with E-state index < -0.39 is 6.10 Å². The zero-order valence-electron chi connectivity index (χ0n) is 40.5. The summed E-state index contributed by atoms with van der Waals surface area (Å²) in [6.07, 6.45) is 54.9. The van der Waals surface area contributed by atoms with E-state index >= 15 is 0 Å². The molecule has 60 heavy (non-hydrogen) atoms. The van der Waals surface area contributed by atoms with Gasteiger partial charge in [0.25, 0.3) is 0 Å². The van der Waals surface area contributed by atoms with E-state index in [9.17, 15) is 14.4 Å². The standard InChI is InChI=1S/C54H102O6/c1-4-7-10-13-16-19-22-24-25-26-27-28-29-30-31-33-35-38-41-44-47-53(56)59-50-51(49-58-52(55)46-43-40-37-34-21-18-15-12-9-6-3)60-54(57)48-45-42-39-36-32-23-20-17-14-11-8-5-2/h12,15,51H,4-11,13-14,16-50H2,1-3H3/b15-12-. The highest BCUT2D eigenvalue weighted by molar-refractivity contribution is 5.71. The normalized spacial score (nSPS) is 12.0. The molecule has 0 heterocycles. The first-order chi connectivity index (χ1) is 29.5. The van der Waals surface area contributed by atoms with Crippen molar-refractivity contribution in [3.05, 3.63) is 12.2 Å². The van der Waals surface area contributed by atoms with Gasteiger partial charge in [-0.2, -0.15) is 0 Å². The molecule has 6 nitrogen and oxygen atoms in total.